The fourth-order valence-corrected chi connectivity index (χ4v) is 3.11. The predicted molar refractivity (Wildman–Crippen MR) is 101 cm³/mol. The number of furan rings is 1. The molecule has 0 saturated carbocycles. The third-order valence-electron chi connectivity index (χ3n) is 3.79. The fourth-order valence-electron chi connectivity index (χ4n) is 2.34. The van der Waals surface area contributed by atoms with Gasteiger partial charge in [0.1, 0.15) is 5.00 Å². The van der Waals surface area contributed by atoms with Gasteiger partial charge in [-0.3, -0.25) is 9.59 Å². The minimum Gasteiger partial charge on any atom is -0.465 e. The third-order valence-corrected chi connectivity index (χ3v) is 4.62. The van der Waals surface area contributed by atoms with Gasteiger partial charge in [0.25, 0.3) is 11.8 Å². The van der Waals surface area contributed by atoms with E-state index in [0.717, 1.165) is 5.56 Å². The molecule has 27 heavy (non-hydrogen) atoms. The Kier molecular flexibility index (Phi) is 5.37. The van der Waals surface area contributed by atoms with Crippen LogP contribution in [0, 0.1) is 6.92 Å². The van der Waals surface area contributed by atoms with Crippen molar-refractivity contribution in [1.82, 2.24) is 0 Å². The lowest BCUT2D eigenvalue weighted by Gasteiger charge is -2.10. The highest BCUT2D eigenvalue weighted by Crippen LogP contribution is 2.25. The summed E-state index contributed by atoms with van der Waals surface area (Å²) in [4.78, 5) is 36.5. The third kappa shape index (κ3) is 4.06. The Morgan fingerprint density at radius 1 is 1.07 bits per heavy atom. The van der Waals surface area contributed by atoms with Crippen LogP contribution in [0.2, 0.25) is 0 Å². The van der Waals surface area contributed by atoms with Gasteiger partial charge in [0.05, 0.1) is 18.9 Å². The molecule has 3 aromatic rings. The Balaban J connectivity index is 1.79. The molecule has 2 aromatic heterocycles. The van der Waals surface area contributed by atoms with Crippen LogP contribution >= 0.6 is 11.3 Å². The largest absolute Gasteiger partial charge is 0.465 e. The predicted octanol–water partition coefficient (Wildman–Crippen LogP) is 3.94. The van der Waals surface area contributed by atoms with Crippen LogP contribution in [0.15, 0.2) is 52.5 Å². The summed E-state index contributed by atoms with van der Waals surface area (Å²) >= 11 is 1.22. The molecule has 0 aliphatic heterocycles. The smallest absolute Gasteiger partial charge is 0.340 e. The average molecular weight is 384 g/mol. The van der Waals surface area contributed by atoms with Crippen LogP contribution in [0.3, 0.4) is 0 Å². The highest BCUT2D eigenvalue weighted by atomic mass is 32.1. The van der Waals surface area contributed by atoms with Gasteiger partial charge in [-0.05, 0) is 48.2 Å². The Morgan fingerprint density at radius 2 is 1.89 bits per heavy atom. The molecule has 1 aromatic carbocycles. The Hall–Kier alpha value is -3.39. The van der Waals surface area contributed by atoms with Crippen LogP contribution in [0.25, 0.3) is 0 Å². The van der Waals surface area contributed by atoms with Crippen LogP contribution in [0.1, 0.15) is 36.8 Å². The van der Waals surface area contributed by atoms with Crippen molar-refractivity contribution in [2.45, 2.75) is 6.92 Å². The SMILES string of the molecule is COC(=O)c1ccsc1NC(=O)c1ccc(C)c(NC(=O)c2ccco2)c1. The molecular weight excluding hydrogens is 368 g/mol. The zero-order chi connectivity index (χ0) is 19.4. The van der Waals surface area contributed by atoms with Crippen LogP contribution in [0.5, 0.6) is 0 Å². The van der Waals surface area contributed by atoms with Crippen LogP contribution in [-0.2, 0) is 4.74 Å². The Labute approximate surface area is 159 Å². The highest BCUT2D eigenvalue weighted by molar-refractivity contribution is 7.14. The second-order valence-corrected chi connectivity index (χ2v) is 6.49. The van der Waals surface area contributed by atoms with Crippen molar-refractivity contribution >= 4 is 39.8 Å². The molecule has 8 heteroatoms. The van der Waals surface area contributed by atoms with Gasteiger partial charge in [-0.15, -0.1) is 11.3 Å². The van der Waals surface area contributed by atoms with E-state index in [2.05, 4.69) is 10.6 Å². The number of esters is 1. The molecule has 0 unspecified atom stereocenters. The van der Waals surface area contributed by atoms with Gasteiger partial charge < -0.3 is 19.8 Å². The van der Waals surface area contributed by atoms with Crippen molar-refractivity contribution in [2.24, 2.45) is 0 Å². The van der Waals surface area contributed by atoms with Crippen molar-refractivity contribution in [3.8, 4) is 0 Å². The number of thiophene rings is 1. The molecule has 3 rings (SSSR count). The molecule has 0 aliphatic rings. The standard InChI is InChI=1S/C19H16N2O5S/c1-11-5-6-12(10-14(11)20-17(23)15-4-3-8-26-15)16(22)21-18-13(7-9-27-18)19(24)25-2/h3-10H,1-2H3,(H,20,23)(H,21,22). The van der Waals surface area contributed by atoms with Crippen molar-refractivity contribution in [3.63, 3.8) is 0 Å². The van der Waals surface area contributed by atoms with Crippen molar-refractivity contribution in [2.75, 3.05) is 17.7 Å². The molecule has 7 nitrogen and oxygen atoms in total. The van der Waals surface area contributed by atoms with E-state index in [9.17, 15) is 14.4 Å². The molecule has 138 valence electrons. The Bertz CT molecular complexity index is 991. The van der Waals surface area contributed by atoms with Crippen LogP contribution < -0.4 is 10.6 Å². The highest BCUT2D eigenvalue weighted by Gasteiger charge is 2.17. The first-order valence-corrected chi connectivity index (χ1v) is 8.80. The zero-order valence-electron chi connectivity index (χ0n) is 14.6. The quantitative estimate of drug-likeness (QED) is 0.649. The van der Waals surface area contributed by atoms with E-state index in [1.807, 2.05) is 6.92 Å². The number of rotatable bonds is 5. The number of aryl methyl sites for hydroxylation is 1. The molecule has 0 aliphatic carbocycles. The number of hydrogen-bond acceptors (Lipinski definition) is 6. The summed E-state index contributed by atoms with van der Waals surface area (Å²) in [5.41, 5.74) is 1.90. The van der Waals surface area contributed by atoms with E-state index in [0.29, 0.717) is 16.3 Å². The van der Waals surface area contributed by atoms with Crippen molar-refractivity contribution in [3.05, 3.63) is 70.5 Å². The number of methoxy groups -OCH3 is 1. The van der Waals surface area contributed by atoms with Gasteiger partial charge in [-0.2, -0.15) is 0 Å². The Morgan fingerprint density at radius 3 is 2.59 bits per heavy atom. The molecular formula is C19H16N2O5S. The van der Waals surface area contributed by atoms with E-state index in [1.54, 1.807) is 41.8 Å². The normalized spacial score (nSPS) is 10.3. The number of benzene rings is 1. The number of anilines is 2. The number of ether oxygens (including phenoxy) is 1. The maximum Gasteiger partial charge on any atom is 0.340 e. The molecule has 0 saturated heterocycles. The lowest BCUT2D eigenvalue weighted by molar-refractivity contribution is 0.0602. The molecule has 0 fully saturated rings. The van der Waals surface area contributed by atoms with E-state index in [-0.39, 0.29) is 11.3 Å². The molecule has 0 radical (unpaired) electrons. The maximum atomic E-state index is 12.6. The summed E-state index contributed by atoms with van der Waals surface area (Å²) < 4.78 is 9.76. The summed E-state index contributed by atoms with van der Waals surface area (Å²) in [5.74, 6) is -1.17. The first kappa shape index (κ1) is 18.4. The van der Waals surface area contributed by atoms with E-state index >= 15 is 0 Å². The summed E-state index contributed by atoms with van der Waals surface area (Å²) in [6.07, 6.45) is 1.41. The van der Waals surface area contributed by atoms with Gasteiger partial charge >= 0.3 is 5.97 Å². The van der Waals surface area contributed by atoms with Gasteiger partial charge in [0, 0.05) is 11.3 Å². The monoisotopic (exact) mass is 384 g/mol. The first-order valence-electron chi connectivity index (χ1n) is 7.92. The topological polar surface area (TPSA) is 97.6 Å². The van der Waals surface area contributed by atoms with Crippen LogP contribution in [-0.4, -0.2) is 24.9 Å². The van der Waals surface area contributed by atoms with Gasteiger partial charge in [0.15, 0.2) is 5.76 Å². The molecule has 0 atom stereocenters. The number of amides is 2. The molecule has 2 N–H and O–H groups in total. The number of hydrogen-bond donors (Lipinski definition) is 2. The van der Waals surface area contributed by atoms with E-state index in [1.165, 1.54) is 24.7 Å². The van der Waals surface area contributed by atoms with Crippen molar-refractivity contribution in [1.29, 1.82) is 0 Å². The first-order chi connectivity index (χ1) is 13.0. The lowest BCUT2D eigenvalue weighted by Crippen LogP contribution is -2.16. The molecule has 0 spiro atoms. The molecule has 2 heterocycles. The van der Waals surface area contributed by atoms with Gasteiger partial charge in [0.2, 0.25) is 0 Å². The van der Waals surface area contributed by atoms with Gasteiger partial charge in [-0.25, -0.2) is 4.79 Å². The van der Waals surface area contributed by atoms with E-state index in [4.69, 9.17) is 9.15 Å². The number of nitrogens with one attached hydrogen (secondary N) is 2. The second-order valence-electron chi connectivity index (χ2n) is 5.57. The summed E-state index contributed by atoms with van der Waals surface area (Å²) in [6.45, 7) is 1.81. The molecule has 0 bridgehead atoms. The van der Waals surface area contributed by atoms with Crippen LogP contribution in [0.4, 0.5) is 10.7 Å². The fraction of sp³-hybridized carbons (Fsp3) is 0.105. The van der Waals surface area contributed by atoms with Gasteiger partial charge in [-0.1, -0.05) is 6.07 Å². The average Bonchev–Trinajstić information content (AvgIpc) is 3.34. The summed E-state index contributed by atoms with van der Waals surface area (Å²) in [5, 5.41) is 7.50. The number of carbonyl (C=O) groups excluding carboxylic acids is 3. The summed E-state index contributed by atoms with van der Waals surface area (Å²) in [6, 6.07) is 9.67. The minimum absolute atomic E-state index is 0.172. The zero-order valence-corrected chi connectivity index (χ0v) is 15.4. The second kappa shape index (κ2) is 7.88. The molecule has 2 amide bonds. The van der Waals surface area contributed by atoms with E-state index < -0.39 is 17.8 Å². The van der Waals surface area contributed by atoms with Crippen molar-refractivity contribution < 1.29 is 23.5 Å². The maximum absolute atomic E-state index is 12.6. The lowest BCUT2D eigenvalue weighted by atomic mass is 10.1. The summed E-state index contributed by atoms with van der Waals surface area (Å²) in [7, 11) is 1.28. The number of carbonyl (C=O) groups is 3. The minimum atomic E-state index is -0.526.